The minimum absolute atomic E-state index is 0.0255. The molecular formula is C24H22F6O5. The van der Waals surface area contributed by atoms with Gasteiger partial charge in [0, 0.05) is 6.42 Å². The molecule has 0 bridgehead atoms. The number of benzene rings is 2. The third-order valence-electron chi connectivity index (χ3n) is 5.31. The summed E-state index contributed by atoms with van der Waals surface area (Å²) in [6, 6.07) is 8.85. The lowest BCUT2D eigenvalue weighted by molar-refractivity contribution is -0.274. The van der Waals surface area contributed by atoms with Gasteiger partial charge >= 0.3 is 18.5 Å². The zero-order valence-electron chi connectivity index (χ0n) is 18.3. The lowest BCUT2D eigenvalue weighted by atomic mass is 9.96. The number of rotatable bonds is 9. The van der Waals surface area contributed by atoms with Crippen LogP contribution in [0.25, 0.3) is 0 Å². The van der Waals surface area contributed by atoms with Gasteiger partial charge in [-0.3, -0.25) is 4.79 Å². The van der Waals surface area contributed by atoms with Gasteiger partial charge in [0.25, 0.3) is 0 Å². The number of aryl methyl sites for hydroxylation is 1. The molecule has 0 spiro atoms. The van der Waals surface area contributed by atoms with Crippen molar-refractivity contribution in [3.8, 4) is 11.5 Å². The second kappa shape index (κ2) is 11.0. The van der Waals surface area contributed by atoms with Crippen LogP contribution < -0.4 is 9.47 Å². The molecule has 1 N–H and O–H groups in total. The van der Waals surface area contributed by atoms with Gasteiger partial charge in [-0.15, -0.1) is 13.2 Å². The van der Waals surface area contributed by atoms with Crippen LogP contribution in [0.15, 0.2) is 53.6 Å². The minimum Gasteiger partial charge on any atom is -0.489 e. The van der Waals surface area contributed by atoms with Crippen LogP contribution in [0.5, 0.6) is 11.5 Å². The monoisotopic (exact) mass is 504 g/mol. The summed E-state index contributed by atoms with van der Waals surface area (Å²) in [7, 11) is 0. The molecular weight excluding hydrogens is 482 g/mol. The van der Waals surface area contributed by atoms with Crippen molar-refractivity contribution in [1.29, 1.82) is 0 Å². The van der Waals surface area contributed by atoms with E-state index in [9.17, 15) is 31.1 Å². The molecule has 2 aromatic rings. The highest BCUT2D eigenvalue weighted by atomic mass is 19.4. The predicted molar refractivity (Wildman–Crippen MR) is 112 cm³/mol. The molecule has 0 amide bonds. The Morgan fingerprint density at radius 3 is 2.29 bits per heavy atom. The first-order chi connectivity index (χ1) is 16.4. The van der Waals surface area contributed by atoms with E-state index in [1.807, 2.05) is 0 Å². The van der Waals surface area contributed by atoms with Crippen LogP contribution in [0.2, 0.25) is 0 Å². The second-order valence-corrected chi connectivity index (χ2v) is 7.88. The first-order valence-corrected chi connectivity index (χ1v) is 10.6. The van der Waals surface area contributed by atoms with Crippen LogP contribution in [0, 0.1) is 0 Å². The summed E-state index contributed by atoms with van der Waals surface area (Å²) in [6.45, 7) is 0.619. The van der Waals surface area contributed by atoms with Crippen molar-refractivity contribution < 1.29 is 50.5 Å². The van der Waals surface area contributed by atoms with E-state index in [1.54, 1.807) is 0 Å². The lowest BCUT2D eigenvalue weighted by Gasteiger charge is -2.22. The molecule has 11 heteroatoms. The van der Waals surface area contributed by atoms with E-state index >= 15 is 0 Å². The number of hydrogen-bond acceptors (Lipinski definition) is 4. The quantitative estimate of drug-likeness (QED) is 0.337. The minimum atomic E-state index is -4.78. The topological polar surface area (TPSA) is 65.0 Å². The summed E-state index contributed by atoms with van der Waals surface area (Å²) in [5.74, 6) is -1.56. The number of carbonyl (C=O) groups is 1. The predicted octanol–water partition coefficient (Wildman–Crippen LogP) is 5.96. The number of alkyl halides is 6. The Labute approximate surface area is 196 Å². The summed E-state index contributed by atoms with van der Waals surface area (Å²) in [4.78, 5) is 10.7. The molecule has 35 heavy (non-hydrogen) atoms. The van der Waals surface area contributed by atoms with E-state index in [1.165, 1.54) is 36.4 Å². The highest BCUT2D eigenvalue weighted by Crippen LogP contribution is 2.35. The normalized spacial score (nSPS) is 14.7. The Kier molecular flexibility index (Phi) is 8.31. The standard InChI is InChI=1S/C24H22F6O5/c25-23(26,27)21-12-20(7-3-16(21)4-8-22(31)32)34-14-18-13-33-10-9-17(18)11-15-1-5-19(6-2-15)35-24(28,29)30/h1-3,5-7,12H,4,8-11,13-14H2,(H,31,32). The molecule has 1 aliphatic rings. The molecule has 190 valence electrons. The number of ether oxygens (including phenoxy) is 3. The van der Waals surface area contributed by atoms with Crippen molar-refractivity contribution >= 4 is 5.97 Å². The van der Waals surface area contributed by atoms with Crippen molar-refractivity contribution in [3.05, 3.63) is 70.3 Å². The Hall–Kier alpha value is -3.21. The number of halogens is 6. The van der Waals surface area contributed by atoms with Crippen molar-refractivity contribution in [2.24, 2.45) is 0 Å². The summed E-state index contributed by atoms with van der Waals surface area (Å²) in [6.07, 6.45) is -9.19. The summed E-state index contributed by atoms with van der Waals surface area (Å²) < 4.78 is 92.3. The molecule has 3 rings (SSSR count). The summed E-state index contributed by atoms with van der Waals surface area (Å²) in [5.41, 5.74) is 1.30. The van der Waals surface area contributed by atoms with Gasteiger partial charge in [-0.25, -0.2) is 0 Å². The first-order valence-electron chi connectivity index (χ1n) is 10.6. The number of carboxylic acids is 1. The van der Waals surface area contributed by atoms with Crippen LogP contribution in [-0.4, -0.2) is 37.3 Å². The fourth-order valence-corrected chi connectivity index (χ4v) is 3.62. The summed E-state index contributed by atoms with van der Waals surface area (Å²) >= 11 is 0. The highest BCUT2D eigenvalue weighted by Gasteiger charge is 2.34. The molecule has 0 unspecified atom stereocenters. The van der Waals surface area contributed by atoms with E-state index in [0.29, 0.717) is 19.4 Å². The van der Waals surface area contributed by atoms with Gasteiger partial charge in [0.05, 0.1) is 18.8 Å². The average Bonchev–Trinajstić information content (AvgIpc) is 2.77. The van der Waals surface area contributed by atoms with Gasteiger partial charge in [0.2, 0.25) is 0 Å². The molecule has 0 aromatic heterocycles. The molecule has 0 atom stereocenters. The van der Waals surface area contributed by atoms with Gasteiger partial charge in [0.15, 0.2) is 0 Å². The van der Waals surface area contributed by atoms with Crippen LogP contribution in [0.1, 0.15) is 29.5 Å². The van der Waals surface area contributed by atoms with E-state index in [-0.39, 0.29) is 36.7 Å². The number of carboxylic acid groups (broad SMARTS) is 1. The highest BCUT2D eigenvalue weighted by molar-refractivity contribution is 5.67. The van der Waals surface area contributed by atoms with Gasteiger partial charge in [-0.1, -0.05) is 23.8 Å². The maximum absolute atomic E-state index is 13.5. The molecule has 1 heterocycles. The van der Waals surface area contributed by atoms with Crippen molar-refractivity contribution in [2.75, 3.05) is 19.8 Å². The molecule has 0 saturated heterocycles. The Bertz CT molecular complexity index is 1060. The average molecular weight is 504 g/mol. The van der Waals surface area contributed by atoms with E-state index < -0.39 is 30.5 Å². The van der Waals surface area contributed by atoms with E-state index in [4.69, 9.17) is 14.6 Å². The summed E-state index contributed by atoms with van der Waals surface area (Å²) in [5, 5.41) is 8.77. The van der Waals surface area contributed by atoms with Crippen molar-refractivity contribution in [1.82, 2.24) is 0 Å². The zero-order valence-corrected chi connectivity index (χ0v) is 18.3. The first kappa shape index (κ1) is 26.4. The van der Waals surface area contributed by atoms with E-state index in [0.717, 1.165) is 22.8 Å². The number of hydrogen-bond donors (Lipinski definition) is 1. The Morgan fingerprint density at radius 2 is 1.66 bits per heavy atom. The van der Waals surface area contributed by atoms with Crippen LogP contribution >= 0.6 is 0 Å². The fourth-order valence-electron chi connectivity index (χ4n) is 3.62. The third-order valence-corrected chi connectivity index (χ3v) is 5.31. The van der Waals surface area contributed by atoms with Crippen molar-refractivity contribution in [3.63, 3.8) is 0 Å². The second-order valence-electron chi connectivity index (χ2n) is 7.88. The Balaban J connectivity index is 1.72. The fraction of sp³-hybridized carbons (Fsp3) is 0.375. The molecule has 1 aliphatic heterocycles. The van der Waals surface area contributed by atoms with Gasteiger partial charge in [-0.05, 0) is 60.2 Å². The zero-order chi connectivity index (χ0) is 25.6. The maximum Gasteiger partial charge on any atom is 0.573 e. The van der Waals surface area contributed by atoms with Crippen LogP contribution in [0.3, 0.4) is 0 Å². The molecule has 0 fully saturated rings. The molecule has 0 radical (unpaired) electrons. The van der Waals surface area contributed by atoms with Crippen LogP contribution in [0.4, 0.5) is 26.3 Å². The van der Waals surface area contributed by atoms with E-state index in [2.05, 4.69) is 4.74 Å². The number of aliphatic carboxylic acids is 1. The van der Waals surface area contributed by atoms with Gasteiger partial charge in [-0.2, -0.15) is 13.2 Å². The Morgan fingerprint density at radius 1 is 0.971 bits per heavy atom. The smallest absolute Gasteiger partial charge is 0.489 e. The largest absolute Gasteiger partial charge is 0.573 e. The van der Waals surface area contributed by atoms with Gasteiger partial charge < -0.3 is 19.3 Å². The lowest BCUT2D eigenvalue weighted by Crippen LogP contribution is -2.18. The molecule has 0 aliphatic carbocycles. The maximum atomic E-state index is 13.5. The molecule has 2 aromatic carbocycles. The van der Waals surface area contributed by atoms with Crippen LogP contribution in [-0.2, 0) is 28.5 Å². The van der Waals surface area contributed by atoms with Crippen molar-refractivity contribution in [2.45, 2.75) is 38.2 Å². The van der Waals surface area contributed by atoms with Gasteiger partial charge in [0.1, 0.15) is 18.1 Å². The molecule has 0 saturated carbocycles. The third kappa shape index (κ3) is 8.20. The SMILES string of the molecule is O=C(O)CCc1ccc(OCC2=C(Cc3ccc(OC(F)(F)F)cc3)CCOC2)cc1C(F)(F)F. The molecule has 5 nitrogen and oxygen atoms in total.